The largest absolute Gasteiger partial charge is 0.316 e. The smallest absolute Gasteiger partial charge is 0.00118 e. The van der Waals surface area contributed by atoms with E-state index < -0.39 is 0 Å². The van der Waals surface area contributed by atoms with Crippen molar-refractivity contribution >= 4 is 0 Å². The Kier molecular flexibility index (Phi) is 4.37. The Labute approximate surface area is 76.2 Å². The van der Waals surface area contributed by atoms with Crippen LogP contribution in [-0.4, -0.2) is 13.1 Å². The van der Waals surface area contributed by atoms with E-state index in [0.717, 1.165) is 18.9 Å². The molecule has 0 aromatic heterocycles. The van der Waals surface area contributed by atoms with Gasteiger partial charge in [0.15, 0.2) is 0 Å². The van der Waals surface area contributed by atoms with Crippen LogP contribution in [0.2, 0.25) is 0 Å². The summed E-state index contributed by atoms with van der Waals surface area (Å²) < 4.78 is 0. The van der Waals surface area contributed by atoms with Gasteiger partial charge in [-0.25, -0.2) is 0 Å². The SMILES string of the molecule is C=C(C)CCNCCCC1CC1. The Bertz CT molecular complexity index is 136. The fraction of sp³-hybridized carbons (Fsp3) is 0.818. The third kappa shape index (κ3) is 5.36. The zero-order valence-electron chi connectivity index (χ0n) is 8.23. The van der Waals surface area contributed by atoms with Crippen LogP contribution in [0.3, 0.4) is 0 Å². The average molecular weight is 167 g/mol. The molecule has 0 saturated heterocycles. The summed E-state index contributed by atoms with van der Waals surface area (Å²) in [7, 11) is 0. The van der Waals surface area contributed by atoms with Crippen molar-refractivity contribution < 1.29 is 0 Å². The van der Waals surface area contributed by atoms with Gasteiger partial charge in [-0.15, -0.1) is 6.58 Å². The molecule has 0 aromatic carbocycles. The molecule has 1 aliphatic rings. The number of nitrogens with one attached hydrogen (secondary N) is 1. The topological polar surface area (TPSA) is 12.0 Å². The minimum Gasteiger partial charge on any atom is -0.316 e. The maximum Gasteiger partial charge on any atom is -0.00118 e. The maximum atomic E-state index is 3.87. The van der Waals surface area contributed by atoms with Gasteiger partial charge in [0.25, 0.3) is 0 Å². The summed E-state index contributed by atoms with van der Waals surface area (Å²) in [5.41, 5.74) is 1.28. The van der Waals surface area contributed by atoms with E-state index in [4.69, 9.17) is 0 Å². The van der Waals surface area contributed by atoms with Crippen LogP contribution >= 0.6 is 0 Å². The van der Waals surface area contributed by atoms with Gasteiger partial charge in [0.2, 0.25) is 0 Å². The standard InChI is InChI=1S/C11H21N/c1-10(2)7-9-12-8-3-4-11-5-6-11/h11-12H,1,3-9H2,2H3. The summed E-state index contributed by atoms with van der Waals surface area (Å²) in [6.07, 6.45) is 6.92. The highest BCUT2D eigenvalue weighted by atomic mass is 14.8. The van der Waals surface area contributed by atoms with Gasteiger partial charge in [0, 0.05) is 0 Å². The second-order valence-corrected chi connectivity index (χ2v) is 4.04. The number of hydrogen-bond donors (Lipinski definition) is 1. The van der Waals surface area contributed by atoms with E-state index >= 15 is 0 Å². The lowest BCUT2D eigenvalue weighted by Gasteiger charge is -2.03. The second-order valence-electron chi connectivity index (χ2n) is 4.04. The quantitative estimate of drug-likeness (QED) is 0.454. The van der Waals surface area contributed by atoms with Crippen molar-refractivity contribution in [1.29, 1.82) is 0 Å². The van der Waals surface area contributed by atoms with Crippen LogP contribution in [0.15, 0.2) is 12.2 Å². The molecule has 1 N–H and O–H groups in total. The number of rotatable bonds is 7. The summed E-state index contributed by atoms with van der Waals surface area (Å²) in [6, 6.07) is 0. The van der Waals surface area contributed by atoms with E-state index in [-0.39, 0.29) is 0 Å². The molecule has 0 heterocycles. The summed E-state index contributed by atoms with van der Waals surface area (Å²) in [5.74, 6) is 1.09. The van der Waals surface area contributed by atoms with E-state index in [9.17, 15) is 0 Å². The van der Waals surface area contributed by atoms with Gasteiger partial charge in [-0.2, -0.15) is 0 Å². The molecule has 0 amide bonds. The Morgan fingerprint density at radius 1 is 1.42 bits per heavy atom. The molecular formula is C11H21N. The summed E-state index contributed by atoms with van der Waals surface area (Å²) in [6.45, 7) is 8.27. The molecule has 0 radical (unpaired) electrons. The van der Waals surface area contributed by atoms with Gasteiger partial charge in [-0.1, -0.05) is 18.4 Å². The molecule has 0 bridgehead atoms. The average Bonchev–Trinajstić information content (AvgIpc) is 2.79. The Morgan fingerprint density at radius 3 is 2.75 bits per heavy atom. The van der Waals surface area contributed by atoms with E-state index in [2.05, 4.69) is 18.8 Å². The minimum absolute atomic E-state index is 1.09. The van der Waals surface area contributed by atoms with Crippen LogP contribution in [0.25, 0.3) is 0 Å². The minimum atomic E-state index is 1.09. The zero-order valence-corrected chi connectivity index (χ0v) is 8.23. The third-order valence-electron chi connectivity index (χ3n) is 2.39. The Balaban J connectivity index is 1.73. The summed E-state index contributed by atoms with van der Waals surface area (Å²) in [5, 5.41) is 3.44. The molecule has 12 heavy (non-hydrogen) atoms. The van der Waals surface area contributed by atoms with Gasteiger partial charge >= 0.3 is 0 Å². The monoisotopic (exact) mass is 167 g/mol. The zero-order chi connectivity index (χ0) is 8.81. The van der Waals surface area contributed by atoms with Gasteiger partial charge in [0.1, 0.15) is 0 Å². The predicted molar refractivity (Wildman–Crippen MR) is 54.3 cm³/mol. The Morgan fingerprint density at radius 2 is 2.17 bits per heavy atom. The first-order valence-electron chi connectivity index (χ1n) is 5.14. The molecule has 70 valence electrons. The van der Waals surface area contributed by atoms with Crippen molar-refractivity contribution in [3.05, 3.63) is 12.2 Å². The van der Waals surface area contributed by atoms with Crippen molar-refractivity contribution in [1.82, 2.24) is 5.32 Å². The van der Waals surface area contributed by atoms with E-state index in [1.807, 2.05) is 0 Å². The third-order valence-corrected chi connectivity index (χ3v) is 2.39. The number of hydrogen-bond acceptors (Lipinski definition) is 1. The van der Waals surface area contributed by atoms with Crippen LogP contribution < -0.4 is 5.32 Å². The molecule has 0 unspecified atom stereocenters. The van der Waals surface area contributed by atoms with Crippen LogP contribution in [0.1, 0.15) is 39.0 Å². The van der Waals surface area contributed by atoms with E-state index in [0.29, 0.717) is 0 Å². The molecule has 0 aromatic rings. The first kappa shape index (κ1) is 9.79. The lowest BCUT2D eigenvalue weighted by molar-refractivity contribution is 0.594. The molecule has 1 heteroatoms. The predicted octanol–water partition coefficient (Wildman–Crippen LogP) is 2.73. The normalized spacial score (nSPS) is 16.4. The van der Waals surface area contributed by atoms with Gasteiger partial charge < -0.3 is 5.32 Å². The van der Waals surface area contributed by atoms with Crippen molar-refractivity contribution in [2.45, 2.75) is 39.0 Å². The molecule has 1 saturated carbocycles. The first-order valence-corrected chi connectivity index (χ1v) is 5.14. The summed E-state index contributed by atoms with van der Waals surface area (Å²) in [4.78, 5) is 0. The summed E-state index contributed by atoms with van der Waals surface area (Å²) >= 11 is 0. The molecule has 1 nitrogen and oxygen atoms in total. The van der Waals surface area contributed by atoms with Crippen LogP contribution in [0, 0.1) is 5.92 Å². The first-order chi connectivity index (χ1) is 5.79. The molecule has 1 fully saturated rings. The maximum absolute atomic E-state index is 3.87. The molecule has 1 aliphatic carbocycles. The van der Waals surface area contributed by atoms with Gasteiger partial charge in [-0.3, -0.25) is 0 Å². The highest BCUT2D eigenvalue weighted by Crippen LogP contribution is 2.33. The Hall–Kier alpha value is -0.300. The molecule has 0 atom stereocenters. The van der Waals surface area contributed by atoms with Crippen molar-refractivity contribution in [2.24, 2.45) is 5.92 Å². The van der Waals surface area contributed by atoms with Crippen LogP contribution in [-0.2, 0) is 0 Å². The van der Waals surface area contributed by atoms with Crippen LogP contribution in [0.5, 0.6) is 0 Å². The highest BCUT2D eigenvalue weighted by Gasteiger charge is 2.19. The molecule has 0 aliphatic heterocycles. The fourth-order valence-corrected chi connectivity index (χ4v) is 1.35. The van der Waals surface area contributed by atoms with Crippen molar-refractivity contribution in [2.75, 3.05) is 13.1 Å². The van der Waals surface area contributed by atoms with Gasteiger partial charge in [0.05, 0.1) is 0 Å². The molecule has 0 spiro atoms. The van der Waals surface area contributed by atoms with Crippen molar-refractivity contribution in [3.63, 3.8) is 0 Å². The molecular weight excluding hydrogens is 146 g/mol. The highest BCUT2D eigenvalue weighted by molar-refractivity contribution is 4.88. The second kappa shape index (κ2) is 5.36. The molecule has 1 rings (SSSR count). The van der Waals surface area contributed by atoms with Gasteiger partial charge in [-0.05, 0) is 45.2 Å². The lowest BCUT2D eigenvalue weighted by Crippen LogP contribution is -2.16. The van der Waals surface area contributed by atoms with E-state index in [1.165, 1.54) is 37.8 Å². The van der Waals surface area contributed by atoms with Crippen LogP contribution in [0.4, 0.5) is 0 Å². The lowest BCUT2D eigenvalue weighted by atomic mass is 10.2. The van der Waals surface area contributed by atoms with E-state index in [1.54, 1.807) is 0 Å². The fourth-order valence-electron chi connectivity index (χ4n) is 1.35. The van der Waals surface area contributed by atoms with Crippen molar-refractivity contribution in [3.8, 4) is 0 Å².